The van der Waals surface area contributed by atoms with Crippen LogP contribution in [0.4, 0.5) is 0 Å². The summed E-state index contributed by atoms with van der Waals surface area (Å²) in [5.74, 6) is -4.67. The Labute approximate surface area is 168 Å². The van der Waals surface area contributed by atoms with Crippen LogP contribution in [0.2, 0.25) is 0 Å². The zero-order chi connectivity index (χ0) is 22.7. The van der Waals surface area contributed by atoms with Gasteiger partial charge in [0.05, 0.1) is 12.6 Å². The SMILES string of the molecule is CCC(C)C(NC(=O)C(C)N)C(=O)NC(CCC(N)=O)C(=O)NC(CO)C(=O)O. The van der Waals surface area contributed by atoms with Gasteiger partial charge in [0.15, 0.2) is 0 Å². The van der Waals surface area contributed by atoms with Gasteiger partial charge < -0.3 is 37.6 Å². The van der Waals surface area contributed by atoms with E-state index in [1.807, 2.05) is 0 Å². The highest BCUT2D eigenvalue weighted by atomic mass is 16.4. The van der Waals surface area contributed by atoms with Gasteiger partial charge in [0, 0.05) is 6.42 Å². The summed E-state index contributed by atoms with van der Waals surface area (Å²) in [4.78, 5) is 59.1. The third-order valence-electron chi connectivity index (χ3n) is 4.32. The standard InChI is InChI=1S/C17H31N5O7/c1-4-8(2)13(22-14(25)9(3)18)16(27)20-10(5-6-12(19)24)15(26)21-11(7-23)17(28)29/h8-11,13,23H,4-7,18H2,1-3H3,(H2,19,24)(H,20,27)(H,21,26)(H,22,25)(H,28,29). The van der Waals surface area contributed by atoms with Crippen molar-refractivity contribution in [1.82, 2.24) is 16.0 Å². The number of nitrogens with two attached hydrogens (primary N) is 2. The van der Waals surface area contributed by atoms with Crippen molar-refractivity contribution in [3.05, 3.63) is 0 Å². The van der Waals surface area contributed by atoms with Crippen molar-refractivity contribution in [3.63, 3.8) is 0 Å². The first-order valence-electron chi connectivity index (χ1n) is 9.23. The second-order valence-electron chi connectivity index (χ2n) is 6.81. The molecule has 0 aromatic heterocycles. The molecule has 5 atom stereocenters. The molecule has 4 amide bonds. The van der Waals surface area contributed by atoms with Crippen molar-refractivity contribution in [1.29, 1.82) is 0 Å². The van der Waals surface area contributed by atoms with Crippen molar-refractivity contribution in [2.75, 3.05) is 6.61 Å². The molecule has 0 aromatic rings. The van der Waals surface area contributed by atoms with Gasteiger partial charge in [-0.15, -0.1) is 0 Å². The minimum Gasteiger partial charge on any atom is -0.480 e. The van der Waals surface area contributed by atoms with Crippen LogP contribution in [0.15, 0.2) is 0 Å². The number of carboxylic acid groups (broad SMARTS) is 1. The normalized spacial score (nSPS) is 15.9. The van der Waals surface area contributed by atoms with Crippen molar-refractivity contribution in [3.8, 4) is 0 Å². The fourth-order valence-electron chi connectivity index (χ4n) is 2.26. The highest BCUT2D eigenvalue weighted by molar-refractivity contribution is 5.94. The third-order valence-corrected chi connectivity index (χ3v) is 4.32. The number of carbonyl (C=O) groups excluding carboxylic acids is 4. The monoisotopic (exact) mass is 417 g/mol. The summed E-state index contributed by atoms with van der Waals surface area (Å²) in [6.07, 6.45) is 0.0790. The predicted octanol–water partition coefficient (Wildman–Crippen LogP) is -2.82. The maximum atomic E-state index is 12.7. The van der Waals surface area contributed by atoms with Crippen molar-refractivity contribution < 1.29 is 34.2 Å². The van der Waals surface area contributed by atoms with Crippen molar-refractivity contribution >= 4 is 29.6 Å². The highest BCUT2D eigenvalue weighted by Crippen LogP contribution is 2.10. The number of amides is 4. The molecule has 9 N–H and O–H groups in total. The molecule has 0 rings (SSSR count). The van der Waals surface area contributed by atoms with Gasteiger partial charge in [-0.25, -0.2) is 4.79 Å². The summed E-state index contributed by atoms with van der Waals surface area (Å²) in [5, 5.41) is 25.0. The summed E-state index contributed by atoms with van der Waals surface area (Å²) in [7, 11) is 0. The summed E-state index contributed by atoms with van der Waals surface area (Å²) in [6.45, 7) is 4.11. The van der Waals surface area contributed by atoms with Gasteiger partial charge in [-0.1, -0.05) is 20.3 Å². The van der Waals surface area contributed by atoms with Crippen LogP contribution in [0.5, 0.6) is 0 Å². The molecule has 29 heavy (non-hydrogen) atoms. The van der Waals surface area contributed by atoms with E-state index in [9.17, 15) is 24.0 Å². The van der Waals surface area contributed by atoms with Crippen LogP contribution in [0.3, 0.4) is 0 Å². The molecule has 166 valence electrons. The molecule has 0 saturated carbocycles. The molecule has 12 nitrogen and oxygen atoms in total. The molecule has 12 heteroatoms. The minimum absolute atomic E-state index is 0.195. The average Bonchev–Trinajstić information content (AvgIpc) is 2.65. The number of aliphatic carboxylic acids is 1. The van der Waals surface area contributed by atoms with Crippen LogP contribution >= 0.6 is 0 Å². The van der Waals surface area contributed by atoms with Crippen LogP contribution in [-0.2, 0) is 24.0 Å². The lowest BCUT2D eigenvalue weighted by Crippen LogP contribution is -2.58. The number of rotatable bonds is 13. The maximum absolute atomic E-state index is 12.7. The van der Waals surface area contributed by atoms with Crippen LogP contribution in [0.25, 0.3) is 0 Å². The lowest BCUT2D eigenvalue weighted by molar-refractivity contribution is -0.143. The van der Waals surface area contributed by atoms with Gasteiger partial charge in [0.25, 0.3) is 0 Å². The predicted molar refractivity (Wildman–Crippen MR) is 102 cm³/mol. The lowest BCUT2D eigenvalue weighted by atomic mass is 9.97. The van der Waals surface area contributed by atoms with Crippen LogP contribution in [0, 0.1) is 5.92 Å². The van der Waals surface area contributed by atoms with Crippen LogP contribution in [-0.4, -0.2) is 70.6 Å². The van der Waals surface area contributed by atoms with E-state index in [1.54, 1.807) is 13.8 Å². The Kier molecular flexibility index (Phi) is 11.5. The number of hydrogen-bond donors (Lipinski definition) is 7. The number of carboxylic acids is 1. The first-order valence-corrected chi connectivity index (χ1v) is 9.23. The van der Waals surface area contributed by atoms with E-state index in [1.165, 1.54) is 6.92 Å². The molecule has 5 unspecified atom stereocenters. The first-order chi connectivity index (χ1) is 13.4. The van der Waals surface area contributed by atoms with Crippen LogP contribution in [0.1, 0.15) is 40.0 Å². The van der Waals surface area contributed by atoms with Gasteiger partial charge in [0.2, 0.25) is 23.6 Å². The molecule has 0 aliphatic heterocycles. The molecule has 0 heterocycles. The Hall–Kier alpha value is -2.73. The molecule has 0 saturated heterocycles. The second kappa shape index (κ2) is 12.7. The van der Waals surface area contributed by atoms with E-state index >= 15 is 0 Å². The smallest absolute Gasteiger partial charge is 0.328 e. The van der Waals surface area contributed by atoms with E-state index in [-0.39, 0.29) is 18.8 Å². The van der Waals surface area contributed by atoms with E-state index in [2.05, 4.69) is 16.0 Å². The summed E-state index contributed by atoms with van der Waals surface area (Å²) in [5.41, 5.74) is 10.6. The van der Waals surface area contributed by atoms with E-state index in [4.69, 9.17) is 21.7 Å². The number of aliphatic hydroxyl groups is 1. The number of carbonyl (C=O) groups is 5. The van der Waals surface area contributed by atoms with Crippen molar-refractivity contribution in [2.24, 2.45) is 17.4 Å². The van der Waals surface area contributed by atoms with E-state index in [0.29, 0.717) is 6.42 Å². The molecular weight excluding hydrogens is 386 g/mol. The van der Waals surface area contributed by atoms with Gasteiger partial charge in [-0.3, -0.25) is 19.2 Å². The summed E-state index contributed by atoms with van der Waals surface area (Å²) in [6, 6.07) is -4.75. The molecule has 0 bridgehead atoms. The first kappa shape index (κ1) is 26.3. The van der Waals surface area contributed by atoms with Crippen molar-refractivity contribution in [2.45, 2.75) is 64.2 Å². The topological polar surface area (TPSA) is 214 Å². The minimum atomic E-state index is -1.58. The summed E-state index contributed by atoms with van der Waals surface area (Å²) >= 11 is 0. The Balaban J connectivity index is 5.45. The maximum Gasteiger partial charge on any atom is 0.328 e. The fourth-order valence-corrected chi connectivity index (χ4v) is 2.26. The molecule has 0 radical (unpaired) electrons. The molecule has 0 aliphatic rings. The number of nitrogens with one attached hydrogen (secondary N) is 3. The van der Waals surface area contributed by atoms with Crippen LogP contribution < -0.4 is 27.4 Å². The lowest BCUT2D eigenvalue weighted by Gasteiger charge is -2.27. The van der Waals surface area contributed by atoms with Gasteiger partial charge in [-0.05, 0) is 19.3 Å². The molecule has 0 aliphatic carbocycles. The Morgan fingerprint density at radius 3 is 1.90 bits per heavy atom. The molecule has 0 aromatic carbocycles. The molecule has 0 spiro atoms. The zero-order valence-electron chi connectivity index (χ0n) is 16.8. The quantitative estimate of drug-likeness (QED) is 0.165. The fraction of sp³-hybridized carbons (Fsp3) is 0.706. The molecular formula is C17H31N5O7. The third kappa shape index (κ3) is 9.34. The van der Waals surface area contributed by atoms with Gasteiger partial charge >= 0.3 is 5.97 Å². The largest absolute Gasteiger partial charge is 0.480 e. The zero-order valence-corrected chi connectivity index (χ0v) is 16.8. The Morgan fingerprint density at radius 2 is 1.48 bits per heavy atom. The highest BCUT2D eigenvalue weighted by Gasteiger charge is 2.32. The Morgan fingerprint density at radius 1 is 0.931 bits per heavy atom. The van der Waals surface area contributed by atoms with Gasteiger partial charge in [-0.2, -0.15) is 0 Å². The van der Waals surface area contributed by atoms with E-state index < -0.39 is 60.4 Å². The average molecular weight is 417 g/mol. The van der Waals surface area contributed by atoms with E-state index in [0.717, 1.165) is 0 Å². The second-order valence-corrected chi connectivity index (χ2v) is 6.81. The number of primary amides is 1. The number of aliphatic hydroxyl groups excluding tert-OH is 1. The van der Waals surface area contributed by atoms with Gasteiger partial charge in [0.1, 0.15) is 18.1 Å². The molecule has 0 fully saturated rings. The number of hydrogen-bond acceptors (Lipinski definition) is 7. The Bertz CT molecular complexity index is 611. The summed E-state index contributed by atoms with van der Waals surface area (Å²) < 4.78 is 0.